The van der Waals surface area contributed by atoms with Crippen molar-refractivity contribution in [3.63, 3.8) is 0 Å². The molecule has 1 saturated heterocycles. The Hall–Kier alpha value is -0.120. The van der Waals surface area contributed by atoms with Crippen LogP contribution in [0.3, 0.4) is 0 Å². The van der Waals surface area contributed by atoms with Gasteiger partial charge < -0.3 is 4.90 Å². The van der Waals surface area contributed by atoms with E-state index in [1.54, 1.807) is 38.5 Å². The molecule has 0 unspecified atom stereocenters. The average Bonchev–Trinajstić information content (AvgIpc) is 2.37. The highest BCUT2D eigenvalue weighted by atomic mass is 15.2. The lowest BCUT2D eigenvalue weighted by Crippen LogP contribution is -2.53. The zero-order chi connectivity index (χ0) is 12.9. The zero-order valence-corrected chi connectivity index (χ0v) is 12.1. The zero-order valence-electron chi connectivity index (χ0n) is 12.1. The molecule has 1 heterocycles. The third-order valence-corrected chi connectivity index (χ3v) is 6.55. The molecule has 4 saturated carbocycles. The van der Waals surface area contributed by atoms with Crippen molar-refractivity contribution in [1.82, 2.24) is 10.3 Å². The van der Waals surface area contributed by atoms with Gasteiger partial charge >= 0.3 is 0 Å². The summed E-state index contributed by atoms with van der Waals surface area (Å²) >= 11 is 0. The van der Waals surface area contributed by atoms with Gasteiger partial charge in [0.1, 0.15) is 0 Å². The lowest BCUT2D eigenvalue weighted by atomic mass is 9.49. The SMILES string of the molecule is NNC1CCN(CC23CC4CC(CC(C4)C2)C3)CC1. The van der Waals surface area contributed by atoms with E-state index in [9.17, 15) is 0 Å². The summed E-state index contributed by atoms with van der Waals surface area (Å²) in [7, 11) is 0. The largest absolute Gasteiger partial charge is 0.303 e. The van der Waals surface area contributed by atoms with Gasteiger partial charge in [-0.2, -0.15) is 0 Å². The van der Waals surface area contributed by atoms with Gasteiger partial charge in [-0.1, -0.05) is 0 Å². The van der Waals surface area contributed by atoms with E-state index in [4.69, 9.17) is 5.84 Å². The summed E-state index contributed by atoms with van der Waals surface area (Å²) in [6, 6.07) is 0.563. The Morgan fingerprint density at radius 3 is 1.95 bits per heavy atom. The highest BCUT2D eigenvalue weighted by Gasteiger charge is 2.51. The Kier molecular flexibility index (Phi) is 3.13. The molecule has 0 amide bonds. The fourth-order valence-electron chi connectivity index (χ4n) is 6.22. The topological polar surface area (TPSA) is 41.3 Å². The van der Waals surface area contributed by atoms with Crippen molar-refractivity contribution in [2.75, 3.05) is 19.6 Å². The Labute approximate surface area is 117 Å². The minimum Gasteiger partial charge on any atom is -0.303 e. The smallest absolute Gasteiger partial charge is 0.0234 e. The van der Waals surface area contributed by atoms with Crippen LogP contribution in [0, 0.1) is 23.2 Å². The van der Waals surface area contributed by atoms with Crippen molar-refractivity contribution in [1.29, 1.82) is 0 Å². The number of hydrogen-bond donors (Lipinski definition) is 2. The highest BCUT2D eigenvalue weighted by molar-refractivity contribution is 5.02. The second kappa shape index (κ2) is 4.71. The molecule has 0 atom stereocenters. The van der Waals surface area contributed by atoms with Gasteiger partial charge in [0.2, 0.25) is 0 Å². The van der Waals surface area contributed by atoms with E-state index in [-0.39, 0.29) is 0 Å². The van der Waals surface area contributed by atoms with Crippen molar-refractivity contribution in [3.05, 3.63) is 0 Å². The number of rotatable bonds is 3. The fraction of sp³-hybridized carbons (Fsp3) is 1.00. The van der Waals surface area contributed by atoms with Crippen LogP contribution < -0.4 is 11.3 Å². The fourth-order valence-corrected chi connectivity index (χ4v) is 6.22. The van der Waals surface area contributed by atoms with Crippen molar-refractivity contribution in [2.45, 2.75) is 57.4 Å². The first-order valence-corrected chi connectivity index (χ1v) is 8.43. The van der Waals surface area contributed by atoms with Gasteiger partial charge in [-0.3, -0.25) is 11.3 Å². The van der Waals surface area contributed by atoms with Crippen molar-refractivity contribution < 1.29 is 0 Å². The molecule has 1 aliphatic heterocycles. The molecule has 3 nitrogen and oxygen atoms in total. The third-order valence-electron chi connectivity index (χ3n) is 6.55. The van der Waals surface area contributed by atoms with E-state index in [2.05, 4.69) is 10.3 Å². The van der Waals surface area contributed by atoms with Crippen LogP contribution in [0.2, 0.25) is 0 Å². The quantitative estimate of drug-likeness (QED) is 0.605. The summed E-state index contributed by atoms with van der Waals surface area (Å²) in [6.07, 6.45) is 11.8. The maximum absolute atomic E-state index is 5.57. The number of nitrogens with zero attached hydrogens (tertiary/aromatic N) is 1. The van der Waals surface area contributed by atoms with Crippen LogP contribution >= 0.6 is 0 Å². The number of hydrogen-bond acceptors (Lipinski definition) is 3. The molecule has 0 radical (unpaired) electrons. The van der Waals surface area contributed by atoms with E-state index in [0.717, 1.165) is 23.2 Å². The first kappa shape index (κ1) is 12.6. The standard InChI is InChI=1S/C16H29N3/c17-18-15-1-3-19(4-2-15)11-16-8-12-5-13(9-16)7-14(6-12)10-16/h12-15,18H,1-11,17H2. The number of piperidine rings is 1. The van der Waals surface area contributed by atoms with Crippen LogP contribution in [0.4, 0.5) is 0 Å². The van der Waals surface area contributed by atoms with Crippen LogP contribution in [0.25, 0.3) is 0 Å². The Morgan fingerprint density at radius 2 is 1.47 bits per heavy atom. The molecule has 5 rings (SSSR count). The Balaban J connectivity index is 1.40. The number of likely N-dealkylation sites (tertiary alicyclic amines) is 1. The first-order chi connectivity index (χ1) is 9.25. The predicted octanol–water partition coefficient (Wildman–Crippen LogP) is 2.13. The van der Waals surface area contributed by atoms with Crippen LogP contribution in [0.15, 0.2) is 0 Å². The molecule has 108 valence electrons. The molecule has 4 bridgehead atoms. The summed E-state index contributed by atoms with van der Waals surface area (Å²) in [5, 5.41) is 0. The minimum absolute atomic E-state index is 0.563. The molecule has 0 aromatic rings. The normalized spacial score (nSPS) is 46.9. The van der Waals surface area contributed by atoms with E-state index >= 15 is 0 Å². The second-order valence-electron chi connectivity index (χ2n) is 8.13. The number of nitrogens with one attached hydrogen (secondary N) is 1. The Morgan fingerprint density at radius 1 is 0.947 bits per heavy atom. The van der Waals surface area contributed by atoms with Crippen LogP contribution in [0.5, 0.6) is 0 Å². The molecular weight excluding hydrogens is 234 g/mol. The summed E-state index contributed by atoms with van der Waals surface area (Å²) in [5.74, 6) is 8.84. The van der Waals surface area contributed by atoms with Crippen molar-refractivity contribution in [3.8, 4) is 0 Å². The van der Waals surface area contributed by atoms with Crippen LogP contribution in [-0.2, 0) is 0 Å². The van der Waals surface area contributed by atoms with E-state index in [1.807, 2.05) is 0 Å². The van der Waals surface area contributed by atoms with Gasteiger partial charge in [-0.15, -0.1) is 0 Å². The molecule has 0 aromatic carbocycles. The van der Waals surface area contributed by atoms with E-state index in [0.29, 0.717) is 6.04 Å². The summed E-state index contributed by atoms with van der Waals surface area (Å²) in [5.41, 5.74) is 3.68. The first-order valence-electron chi connectivity index (χ1n) is 8.43. The maximum atomic E-state index is 5.57. The average molecular weight is 263 g/mol. The van der Waals surface area contributed by atoms with Gasteiger partial charge in [0.25, 0.3) is 0 Å². The molecule has 3 N–H and O–H groups in total. The molecular formula is C16H29N3. The maximum Gasteiger partial charge on any atom is 0.0234 e. The predicted molar refractivity (Wildman–Crippen MR) is 77.4 cm³/mol. The molecule has 3 heteroatoms. The van der Waals surface area contributed by atoms with Crippen molar-refractivity contribution in [2.24, 2.45) is 29.0 Å². The van der Waals surface area contributed by atoms with Gasteiger partial charge in [-0.05, 0) is 87.6 Å². The summed E-state index contributed by atoms with van der Waals surface area (Å²) in [4.78, 5) is 2.75. The molecule has 19 heavy (non-hydrogen) atoms. The molecule has 0 aromatic heterocycles. The number of nitrogens with two attached hydrogens (primary N) is 1. The van der Waals surface area contributed by atoms with Crippen LogP contribution in [-0.4, -0.2) is 30.6 Å². The second-order valence-corrected chi connectivity index (χ2v) is 8.13. The molecule has 5 aliphatic rings. The van der Waals surface area contributed by atoms with E-state index in [1.165, 1.54) is 32.5 Å². The van der Waals surface area contributed by atoms with E-state index < -0.39 is 0 Å². The van der Waals surface area contributed by atoms with Crippen LogP contribution in [0.1, 0.15) is 51.4 Å². The van der Waals surface area contributed by atoms with Gasteiger partial charge in [0.15, 0.2) is 0 Å². The summed E-state index contributed by atoms with van der Waals surface area (Å²) in [6.45, 7) is 3.92. The van der Waals surface area contributed by atoms with Crippen molar-refractivity contribution >= 4 is 0 Å². The monoisotopic (exact) mass is 263 g/mol. The highest BCUT2D eigenvalue weighted by Crippen LogP contribution is 2.60. The van der Waals surface area contributed by atoms with Gasteiger partial charge in [0, 0.05) is 12.6 Å². The minimum atomic E-state index is 0.563. The molecule has 5 fully saturated rings. The third kappa shape index (κ3) is 2.34. The lowest BCUT2D eigenvalue weighted by Gasteiger charge is -2.58. The Bertz CT molecular complexity index is 298. The molecule has 0 spiro atoms. The lowest BCUT2D eigenvalue weighted by molar-refractivity contribution is -0.0716. The molecule has 4 aliphatic carbocycles. The summed E-state index contributed by atoms with van der Waals surface area (Å²) < 4.78 is 0. The van der Waals surface area contributed by atoms with Gasteiger partial charge in [-0.25, -0.2) is 0 Å². The number of hydrazine groups is 1. The van der Waals surface area contributed by atoms with Gasteiger partial charge in [0.05, 0.1) is 0 Å².